The van der Waals surface area contributed by atoms with Gasteiger partial charge in [0.2, 0.25) is 5.82 Å². The first-order valence-corrected chi connectivity index (χ1v) is 8.10. The monoisotopic (exact) mass is 328 g/mol. The van der Waals surface area contributed by atoms with E-state index in [0.29, 0.717) is 11.5 Å². The normalized spacial score (nSPS) is 10.8. The Morgan fingerprint density at radius 1 is 1.00 bits per heavy atom. The van der Waals surface area contributed by atoms with Crippen LogP contribution in [0.1, 0.15) is 12.5 Å². The first kappa shape index (κ1) is 15.1. The van der Waals surface area contributed by atoms with Crippen molar-refractivity contribution in [3.8, 4) is 28.3 Å². The zero-order chi connectivity index (χ0) is 17.1. The second-order valence-electron chi connectivity index (χ2n) is 5.56. The first-order chi connectivity index (χ1) is 12.3. The fourth-order valence-corrected chi connectivity index (χ4v) is 2.72. The third kappa shape index (κ3) is 3.01. The summed E-state index contributed by atoms with van der Waals surface area (Å²) >= 11 is 0. The molecule has 0 saturated heterocycles. The number of hydrogen-bond donors (Lipinski definition) is 0. The fourth-order valence-electron chi connectivity index (χ4n) is 2.72. The van der Waals surface area contributed by atoms with Gasteiger partial charge < -0.3 is 0 Å². The predicted molar refractivity (Wildman–Crippen MR) is 95.0 cm³/mol. The minimum atomic E-state index is 0.486. The van der Waals surface area contributed by atoms with Gasteiger partial charge in [-0.3, -0.25) is 9.97 Å². The summed E-state index contributed by atoms with van der Waals surface area (Å²) in [5, 5.41) is 12.6. The molecular formula is C19H16N6. The number of benzene rings is 1. The SMILES string of the molecule is CCc1ccccc1-c1cncc(-n2nnc(-c3ccccn3)n2)c1. The fraction of sp³-hybridized carbons (Fsp3) is 0.105. The summed E-state index contributed by atoms with van der Waals surface area (Å²) in [6.07, 6.45) is 6.25. The van der Waals surface area contributed by atoms with Gasteiger partial charge in [0.05, 0.1) is 6.20 Å². The molecule has 0 bridgehead atoms. The van der Waals surface area contributed by atoms with Crippen molar-refractivity contribution in [3.05, 3.63) is 72.7 Å². The molecule has 6 nitrogen and oxygen atoms in total. The molecule has 0 spiro atoms. The largest absolute Gasteiger partial charge is 0.262 e. The van der Waals surface area contributed by atoms with Gasteiger partial charge in [-0.2, -0.15) is 0 Å². The first-order valence-electron chi connectivity index (χ1n) is 8.10. The predicted octanol–water partition coefficient (Wildman–Crippen LogP) is 3.35. The molecule has 0 atom stereocenters. The lowest BCUT2D eigenvalue weighted by Crippen LogP contribution is -2.00. The van der Waals surface area contributed by atoms with Crippen molar-refractivity contribution in [2.75, 3.05) is 0 Å². The Balaban J connectivity index is 1.72. The van der Waals surface area contributed by atoms with E-state index in [0.717, 1.165) is 17.7 Å². The lowest BCUT2D eigenvalue weighted by molar-refractivity contribution is 0.717. The average molecular weight is 328 g/mol. The van der Waals surface area contributed by atoms with Crippen LogP contribution in [0.5, 0.6) is 0 Å². The number of pyridine rings is 2. The number of rotatable bonds is 4. The molecule has 25 heavy (non-hydrogen) atoms. The van der Waals surface area contributed by atoms with Crippen molar-refractivity contribution in [1.82, 2.24) is 30.2 Å². The molecule has 0 aliphatic rings. The summed E-state index contributed by atoms with van der Waals surface area (Å²) in [6.45, 7) is 2.15. The standard InChI is InChI=1S/C19H16N6/c1-2-14-7-3-4-8-17(14)15-11-16(13-20-12-15)25-23-19(22-24-25)18-9-5-6-10-21-18/h3-13H,2H2,1H3. The van der Waals surface area contributed by atoms with Crippen molar-refractivity contribution in [3.63, 3.8) is 0 Å². The Bertz CT molecular complexity index is 993. The highest BCUT2D eigenvalue weighted by Crippen LogP contribution is 2.25. The average Bonchev–Trinajstić information content (AvgIpc) is 3.19. The molecule has 4 rings (SSSR count). The van der Waals surface area contributed by atoms with Crippen LogP contribution < -0.4 is 0 Å². The van der Waals surface area contributed by atoms with E-state index in [1.807, 2.05) is 36.5 Å². The number of nitrogens with zero attached hydrogens (tertiary/aromatic N) is 6. The lowest BCUT2D eigenvalue weighted by Gasteiger charge is -2.08. The van der Waals surface area contributed by atoms with E-state index in [1.165, 1.54) is 15.9 Å². The Morgan fingerprint density at radius 3 is 2.72 bits per heavy atom. The molecule has 0 radical (unpaired) electrons. The van der Waals surface area contributed by atoms with Crippen LogP contribution >= 0.6 is 0 Å². The van der Waals surface area contributed by atoms with E-state index < -0.39 is 0 Å². The van der Waals surface area contributed by atoms with Gasteiger partial charge in [0.25, 0.3) is 0 Å². The van der Waals surface area contributed by atoms with Crippen LogP contribution in [0, 0.1) is 0 Å². The third-order valence-corrected chi connectivity index (χ3v) is 3.97. The van der Waals surface area contributed by atoms with Gasteiger partial charge >= 0.3 is 0 Å². The highest BCUT2D eigenvalue weighted by atomic mass is 15.6. The number of aryl methyl sites for hydroxylation is 1. The maximum Gasteiger partial charge on any atom is 0.223 e. The maximum absolute atomic E-state index is 4.42. The molecule has 0 amide bonds. The molecule has 0 unspecified atom stereocenters. The smallest absolute Gasteiger partial charge is 0.223 e. The number of tetrazole rings is 1. The minimum Gasteiger partial charge on any atom is -0.262 e. The summed E-state index contributed by atoms with van der Waals surface area (Å²) in [5.74, 6) is 0.486. The summed E-state index contributed by atoms with van der Waals surface area (Å²) in [4.78, 5) is 10.1. The Labute approximate surface area is 145 Å². The van der Waals surface area contributed by atoms with E-state index in [2.05, 4.69) is 50.5 Å². The van der Waals surface area contributed by atoms with Gasteiger partial charge in [-0.1, -0.05) is 37.3 Å². The van der Waals surface area contributed by atoms with Crippen LogP contribution in [0.2, 0.25) is 0 Å². The van der Waals surface area contributed by atoms with Crippen molar-refractivity contribution in [2.45, 2.75) is 13.3 Å². The maximum atomic E-state index is 4.42. The van der Waals surface area contributed by atoms with Crippen LogP contribution in [0.4, 0.5) is 0 Å². The topological polar surface area (TPSA) is 69.4 Å². The molecule has 0 N–H and O–H groups in total. The number of hydrogen-bond acceptors (Lipinski definition) is 5. The molecule has 4 aromatic rings. The Morgan fingerprint density at radius 2 is 1.88 bits per heavy atom. The van der Waals surface area contributed by atoms with Gasteiger partial charge in [-0.25, -0.2) is 0 Å². The second-order valence-corrected chi connectivity index (χ2v) is 5.56. The van der Waals surface area contributed by atoms with Gasteiger partial charge in [0.15, 0.2) is 0 Å². The summed E-state index contributed by atoms with van der Waals surface area (Å²) < 4.78 is 0. The van der Waals surface area contributed by atoms with Crippen LogP contribution in [0.15, 0.2) is 67.1 Å². The van der Waals surface area contributed by atoms with Gasteiger partial charge in [0, 0.05) is 18.0 Å². The van der Waals surface area contributed by atoms with Crippen molar-refractivity contribution < 1.29 is 0 Å². The quantitative estimate of drug-likeness (QED) is 0.574. The molecule has 3 heterocycles. The molecule has 0 aliphatic carbocycles. The van der Waals surface area contributed by atoms with E-state index in [4.69, 9.17) is 0 Å². The molecule has 0 fully saturated rings. The van der Waals surface area contributed by atoms with Crippen LogP contribution in [-0.4, -0.2) is 30.2 Å². The summed E-state index contributed by atoms with van der Waals surface area (Å²) in [5.41, 5.74) is 4.94. The minimum absolute atomic E-state index is 0.486. The molecule has 0 saturated carbocycles. The molecule has 6 heteroatoms. The zero-order valence-corrected chi connectivity index (χ0v) is 13.7. The summed E-state index contributed by atoms with van der Waals surface area (Å²) in [6, 6.07) is 16.0. The molecule has 0 aliphatic heterocycles. The number of aromatic nitrogens is 6. The van der Waals surface area contributed by atoms with Crippen LogP contribution in [0.3, 0.4) is 0 Å². The Kier molecular flexibility index (Phi) is 4.00. The second kappa shape index (κ2) is 6.60. The highest BCUT2D eigenvalue weighted by molar-refractivity contribution is 5.68. The van der Waals surface area contributed by atoms with E-state index >= 15 is 0 Å². The van der Waals surface area contributed by atoms with E-state index in [1.54, 1.807) is 12.4 Å². The summed E-state index contributed by atoms with van der Waals surface area (Å²) in [7, 11) is 0. The van der Waals surface area contributed by atoms with E-state index in [9.17, 15) is 0 Å². The lowest BCUT2D eigenvalue weighted by atomic mass is 9.99. The van der Waals surface area contributed by atoms with E-state index in [-0.39, 0.29) is 0 Å². The molecule has 1 aromatic carbocycles. The molecule has 3 aromatic heterocycles. The van der Waals surface area contributed by atoms with Gasteiger partial charge in [0.1, 0.15) is 11.4 Å². The molecule has 122 valence electrons. The van der Waals surface area contributed by atoms with Crippen LogP contribution in [0.25, 0.3) is 28.3 Å². The van der Waals surface area contributed by atoms with Gasteiger partial charge in [-0.15, -0.1) is 15.0 Å². The van der Waals surface area contributed by atoms with Crippen molar-refractivity contribution in [1.29, 1.82) is 0 Å². The Hall–Kier alpha value is -3.41. The van der Waals surface area contributed by atoms with Crippen molar-refractivity contribution in [2.24, 2.45) is 0 Å². The molecular weight excluding hydrogens is 312 g/mol. The van der Waals surface area contributed by atoms with Crippen molar-refractivity contribution >= 4 is 0 Å². The highest BCUT2D eigenvalue weighted by Gasteiger charge is 2.10. The zero-order valence-electron chi connectivity index (χ0n) is 13.7. The van der Waals surface area contributed by atoms with Gasteiger partial charge in [-0.05, 0) is 41.0 Å². The van der Waals surface area contributed by atoms with Crippen LogP contribution in [-0.2, 0) is 6.42 Å². The third-order valence-electron chi connectivity index (χ3n) is 3.97.